The summed E-state index contributed by atoms with van der Waals surface area (Å²) in [6.45, 7) is 1.74. The molecule has 0 spiro atoms. The summed E-state index contributed by atoms with van der Waals surface area (Å²) >= 11 is 2.83. The number of nitrogens with zero attached hydrogens (tertiary/aromatic N) is 3. The first-order chi connectivity index (χ1) is 11.0. The Hall–Kier alpha value is -2.19. The fourth-order valence-corrected chi connectivity index (χ4v) is 4.12. The second kappa shape index (κ2) is 6.13. The largest absolute Gasteiger partial charge is 0.290 e. The van der Waals surface area contributed by atoms with E-state index in [9.17, 15) is 14.9 Å². The molecule has 23 heavy (non-hydrogen) atoms. The average Bonchev–Trinajstić information content (AvgIpc) is 2.99. The maximum Gasteiger partial charge on any atom is 0.272 e. The van der Waals surface area contributed by atoms with Crippen LogP contribution in [-0.4, -0.2) is 14.5 Å². The van der Waals surface area contributed by atoms with Gasteiger partial charge in [0.1, 0.15) is 4.83 Å². The molecule has 1 aromatic carbocycles. The number of thiophene rings is 1. The van der Waals surface area contributed by atoms with E-state index < -0.39 is 0 Å². The van der Waals surface area contributed by atoms with E-state index in [0.717, 1.165) is 5.56 Å². The molecule has 2 aromatic heterocycles. The Morgan fingerprint density at radius 3 is 2.91 bits per heavy atom. The number of hydrogen-bond donors (Lipinski definition) is 0. The van der Waals surface area contributed by atoms with Crippen LogP contribution in [0.15, 0.2) is 39.6 Å². The van der Waals surface area contributed by atoms with Crippen molar-refractivity contribution < 1.29 is 4.92 Å². The monoisotopic (exact) mass is 347 g/mol. The molecule has 0 saturated carbocycles. The summed E-state index contributed by atoms with van der Waals surface area (Å²) in [4.78, 5) is 28.1. The molecule has 6 nitrogen and oxygen atoms in total. The predicted molar refractivity (Wildman–Crippen MR) is 92.3 cm³/mol. The molecule has 0 atom stereocenters. The Kier molecular flexibility index (Phi) is 4.18. The van der Waals surface area contributed by atoms with E-state index in [1.165, 1.54) is 33.7 Å². The Balaban J connectivity index is 1.92. The van der Waals surface area contributed by atoms with Gasteiger partial charge in [-0.05, 0) is 23.9 Å². The maximum absolute atomic E-state index is 12.3. The molecule has 0 bridgehead atoms. The molecule has 8 heteroatoms. The van der Waals surface area contributed by atoms with Gasteiger partial charge >= 0.3 is 0 Å². The highest BCUT2D eigenvalue weighted by Crippen LogP contribution is 2.28. The van der Waals surface area contributed by atoms with Crippen LogP contribution >= 0.6 is 23.1 Å². The quantitative estimate of drug-likeness (QED) is 0.312. The van der Waals surface area contributed by atoms with Gasteiger partial charge in [-0.1, -0.05) is 23.9 Å². The molecule has 0 aliphatic heterocycles. The number of rotatable bonds is 4. The minimum absolute atomic E-state index is 0.0745. The van der Waals surface area contributed by atoms with Crippen molar-refractivity contribution in [3.63, 3.8) is 0 Å². The van der Waals surface area contributed by atoms with Crippen LogP contribution in [0.5, 0.6) is 0 Å². The SMILES string of the molecule is Cc1c(CSc2nc3sccc3c(=O)n2C)cccc1[N+](=O)[O-]. The standard InChI is InChI=1S/C15H13N3O3S2/c1-9-10(4-3-5-12(9)18(20)21)8-23-15-16-13-11(6-7-22-13)14(19)17(15)2/h3-7H,8H2,1-2H3. The second-order valence-electron chi connectivity index (χ2n) is 5.01. The Morgan fingerprint density at radius 2 is 2.17 bits per heavy atom. The molecule has 3 rings (SSSR count). The van der Waals surface area contributed by atoms with Crippen LogP contribution in [0.3, 0.4) is 0 Å². The van der Waals surface area contributed by atoms with Gasteiger partial charge in [0.2, 0.25) is 0 Å². The van der Waals surface area contributed by atoms with Crippen molar-refractivity contribution in [1.29, 1.82) is 0 Å². The lowest BCUT2D eigenvalue weighted by molar-refractivity contribution is -0.385. The van der Waals surface area contributed by atoms with Crippen LogP contribution < -0.4 is 5.56 Å². The Labute approximate surface area is 139 Å². The van der Waals surface area contributed by atoms with Crippen LogP contribution in [0, 0.1) is 17.0 Å². The van der Waals surface area contributed by atoms with Gasteiger partial charge in [-0.15, -0.1) is 11.3 Å². The normalized spacial score (nSPS) is 11.0. The van der Waals surface area contributed by atoms with Gasteiger partial charge in [0.15, 0.2) is 5.16 Å². The molecular weight excluding hydrogens is 334 g/mol. The third-order valence-electron chi connectivity index (χ3n) is 3.63. The van der Waals surface area contributed by atoms with Crippen molar-refractivity contribution in [2.45, 2.75) is 17.8 Å². The first kappa shape index (κ1) is 15.7. The number of benzene rings is 1. The molecule has 0 aliphatic carbocycles. The predicted octanol–water partition coefficient (Wildman–Crippen LogP) is 3.50. The Bertz CT molecular complexity index is 962. The molecule has 0 aliphatic rings. The van der Waals surface area contributed by atoms with Gasteiger partial charge in [0, 0.05) is 24.4 Å². The summed E-state index contributed by atoms with van der Waals surface area (Å²) in [6, 6.07) is 6.80. The van der Waals surface area contributed by atoms with Gasteiger partial charge in [-0.3, -0.25) is 19.5 Å². The molecule has 2 heterocycles. The number of hydrogen-bond acceptors (Lipinski definition) is 6. The average molecular weight is 347 g/mol. The number of thioether (sulfide) groups is 1. The summed E-state index contributed by atoms with van der Waals surface area (Å²) in [5, 5.41) is 14.1. The highest BCUT2D eigenvalue weighted by Gasteiger charge is 2.15. The minimum atomic E-state index is -0.380. The molecule has 0 N–H and O–H groups in total. The number of nitro groups is 1. The summed E-state index contributed by atoms with van der Waals surface area (Å²) in [7, 11) is 1.69. The van der Waals surface area contributed by atoms with Crippen molar-refractivity contribution in [2.24, 2.45) is 7.05 Å². The van der Waals surface area contributed by atoms with Gasteiger partial charge < -0.3 is 0 Å². The first-order valence-electron chi connectivity index (χ1n) is 6.79. The second-order valence-corrected chi connectivity index (χ2v) is 6.84. The van der Waals surface area contributed by atoms with Crippen molar-refractivity contribution in [3.05, 3.63) is 61.2 Å². The van der Waals surface area contributed by atoms with E-state index in [1.807, 2.05) is 11.4 Å². The van der Waals surface area contributed by atoms with Gasteiger partial charge in [0.05, 0.1) is 10.3 Å². The fraction of sp³-hybridized carbons (Fsp3) is 0.200. The van der Waals surface area contributed by atoms with E-state index in [2.05, 4.69) is 4.98 Å². The van der Waals surface area contributed by atoms with E-state index in [1.54, 1.807) is 26.1 Å². The summed E-state index contributed by atoms with van der Waals surface area (Å²) < 4.78 is 1.52. The molecule has 0 saturated heterocycles. The van der Waals surface area contributed by atoms with Crippen LogP contribution in [0.4, 0.5) is 5.69 Å². The molecule has 3 aromatic rings. The zero-order valence-corrected chi connectivity index (χ0v) is 14.1. The molecule has 0 amide bonds. The molecular formula is C15H13N3O3S2. The maximum atomic E-state index is 12.3. The number of nitro benzene ring substituents is 1. The highest BCUT2D eigenvalue weighted by molar-refractivity contribution is 7.98. The van der Waals surface area contributed by atoms with Crippen LogP contribution in [-0.2, 0) is 12.8 Å². The molecule has 0 fully saturated rings. The van der Waals surface area contributed by atoms with E-state index in [4.69, 9.17) is 0 Å². The Morgan fingerprint density at radius 1 is 1.39 bits per heavy atom. The third-order valence-corrected chi connectivity index (χ3v) is 5.52. The number of aromatic nitrogens is 2. The van der Waals surface area contributed by atoms with Crippen molar-refractivity contribution >= 4 is 39.0 Å². The first-order valence-corrected chi connectivity index (χ1v) is 8.65. The van der Waals surface area contributed by atoms with E-state index >= 15 is 0 Å². The summed E-state index contributed by atoms with van der Waals surface area (Å²) in [6.07, 6.45) is 0. The minimum Gasteiger partial charge on any atom is -0.290 e. The highest BCUT2D eigenvalue weighted by atomic mass is 32.2. The lowest BCUT2D eigenvalue weighted by Crippen LogP contribution is -2.19. The van der Waals surface area contributed by atoms with Crippen molar-refractivity contribution in [3.8, 4) is 0 Å². The molecule has 0 radical (unpaired) electrons. The van der Waals surface area contributed by atoms with Crippen molar-refractivity contribution in [2.75, 3.05) is 0 Å². The third kappa shape index (κ3) is 2.87. The van der Waals surface area contributed by atoms with Crippen LogP contribution in [0.25, 0.3) is 10.2 Å². The van der Waals surface area contributed by atoms with Gasteiger partial charge in [0.25, 0.3) is 11.2 Å². The van der Waals surface area contributed by atoms with Gasteiger partial charge in [-0.2, -0.15) is 0 Å². The van der Waals surface area contributed by atoms with Crippen LogP contribution in [0.2, 0.25) is 0 Å². The lowest BCUT2D eigenvalue weighted by atomic mass is 10.1. The summed E-state index contributed by atoms with van der Waals surface area (Å²) in [5.74, 6) is 0.519. The van der Waals surface area contributed by atoms with Gasteiger partial charge in [-0.25, -0.2) is 4.98 Å². The smallest absolute Gasteiger partial charge is 0.272 e. The van der Waals surface area contributed by atoms with Crippen LogP contribution in [0.1, 0.15) is 11.1 Å². The van der Waals surface area contributed by atoms with E-state index in [0.29, 0.717) is 26.7 Å². The lowest BCUT2D eigenvalue weighted by Gasteiger charge is -2.09. The summed E-state index contributed by atoms with van der Waals surface area (Å²) in [5.41, 5.74) is 1.55. The fourth-order valence-electron chi connectivity index (χ4n) is 2.28. The molecule has 0 unspecified atom stereocenters. The number of fused-ring (bicyclic) bond motifs is 1. The molecule has 118 valence electrons. The van der Waals surface area contributed by atoms with Crippen molar-refractivity contribution in [1.82, 2.24) is 9.55 Å². The zero-order valence-electron chi connectivity index (χ0n) is 12.5. The zero-order chi connectivity index (χ0) is 16.6. The van der Waals surface area contributed by atoms with E-state index in [-0.39, 0.29) is 16.2 Å². The topological polar surface area (TPSA) is 78.0 Å².